The molecule has 1 aromatic carbocycles. The van der Waals surface area contributed by atoms with Gasteiger partial charge in [-0.1, -0.05) is 6.07 Å². The number of halogens is 1. The number of piperidine rings is 1. The van der Waals surface area contributed by atoms with E-state index >= 15 is 0 Å². The lowest BCUT2D eigenvalue weighted by atomic mass is 9.97. The van der Waals surface area contributed by atoms with Crippen molar-refractivity contribution in [3.8, 4) is 0 Å². The van der Waals surface area contributed by atoms with E-state index in [4.69, 9.17) is 0 Å². The van der Waals surface area contributed by atoms with Crippen molar-refractivity contribution in [1.29, 1.82) is 0 Å². The van der Waals surface area contributed by atoms with E-state index in [9.17, 15) is 9.18 Å². The number of hydrogen-bond donors (Lipinski definition) is 1. The van der Waals surface area contributed by atoms with Crippen LogP contribution < -0.4 is 10.2 Å². The quantitative estimate of drug-likeness (QED) is 0.941. The van der Waals surface area contributed by atoms with Crippen LogP contribution in [0.15, 0.2) is 30.3 Å². The lowest BCUT2D eigenvalue weighted by Crippen LogP contribution is -2.41. The van der Waals surface area contributed by atoms with Crippen LogP contribution in [0.5, 0.6) is 0 Å². The Labute approximate surface area is 140 Å². The van der Waals surface area contributed by atoms with E-state index in [0.717, 1.165) is 30.8 Å². The van der Waals surface area contributed by atoms with Crippen LogP contribution in [-0.4, -0.2) is 29.0 Å². The van der Waals surface area contributed by atoms with Crippen LogP contribution in [0, 0.1) is 25.6 Å². The Kier molecular flexibility index (Phi) is 4.74. The Balaban J connectivity index is 1.69. The van der Waals surface area contributed by atoms with Gasteiger partial charge in [-0.15, -0.1) is 0 Å². The number of aromatic nitrogens is 2. The summed E-state index contributed by atoms with van der Waals surface area (Å²) in [4.78, 5) is 23.5. The zero-order chi connectivity index (χ0) is 17.1. The zero-order valence-corrected chi connectivity index (χ0v) is 13.9. The van der Waals surface area contributed by atoms with Crippen LogP contribution in [0.4, 0.5) is 16.0 Å². The van der Waals surface area contributed by atoms with E-state index in [-0.39, 0.29) is 17.6 Å². The molecule has 6 heteroatoms. The van der Waals surface area contributed by atoms with Gasteiger partial charge in [0.15, 0.2) is 0 Å². The second-order valence-electron chi connectivity index (χ2n) is 6.24. The van der Waals surface area contributed by atoms with Crippen molar-refractivity contribution in [2.45, 2.75) is 26.7 Å². The van der Waals surface area contributed by atoms with Gasteiger partial charge in [-0.3, -0.25) is 4.79 Å². The number of amides is 1. The van der Waals surface area contributed by atoms with E-state index in [2.05, 4.69) is 20.2 Å². The van der Waals surface area contributed by atoms with Crippen LogP contribution in [0.2, 0.25) is 0 Å². The minimum atomic E-state index is -0.360. The Morgan fingerprint density at radius 1 is 1.25 bits per heavy atom. The molecule has 0 bridgehead atoms. The first-order chi connectivity index (χ1) is 11.5. The van der Waals surface area contributed by atoms with Gasteiger partial charge in [0.05, 0.1) is 5.92 Å². The smallest absolute Gasteiger partial charge is 0.229 e. The van der Waals surface area contributed by atoms with Gasteiger partial charge in [0.25, 0.3) is 0 Å². The van der Waals surface area contributed by atoms with Gasteiger partial charge in [0.2, 0.25) is 11.9 Å². The minimum absolute atomic E-state index is 0.0883. The maximum absolute atomic E-state index is 13.2. The van der Waals surface area contributed by atoms with Crippen molar-refractivity contribution >= 4 is 17.5 Å². The summed E-state index contributed by atoms with van der Waals surface area (Å²) in [5, 5.41) is 2.80. The molecule has 126 valence electrons. The molecular weight excluding hydrogens is 307 g/mol. The Morgan fingerprint density at radius 2 is 2.00 bits per heavy atom. The van der Waals surface area contributed by atoms with Crippen molar-refractivity contribution in [2.24, 2.45) is 5.92 Å². The van der Waals surface area contributed by atoms with Gasteiger partial charge < -0.3 is 10.2 Å². The number of carbonyl (C=O) groups is 1. The summed E-state index contributed by atoms with van der Waals surface area (Å²) in [6, 6.07) is 7.89. The summed E-state index contributed by atoms with van der Waals surface area (Å²) < 4.78 is 13.2. The van der Waals surface area contributed by atoms with E-state index in [0.29, 0.717) is 18.2 Å². The topological polar surface area (TPSA) is 58.1 Å². The summed E-state index contributed by atoms with van der Waals surface area (Å²) in [6.07, 6.45) is 1.71. The lowest BCUT2D eigenvalue weighted by Gasteiger charge is -2.32. The van der Waals surface area contributed by atoms with Crippen molar-refractivity contribution in [2.75, 3.05) is 23.3 Å². The fraction of sp³-hybridized carbons (Fsp3) is 0.389. The maximum atomic E-state index is 13.2. The number of rotatable bonds is 3. The standard InChI is InChI=1S/C18H21FN4O/c1-12-9-13(2)21-18(20-12)23-8-4-5-14(11-23)17(24)22-16-7-3-6-15(19)10-16/h3,6-7,9-10,14H,4-5,8,11H2,1-2H3,(H,22,24)/t14-/m0/s1. The fourth-order valence-corrected chi connectivity index (χ4v) is 3.03. The third-order valence-electron chi connectivity index (χ3n) is 4.14. The van der Waals surface area contributed by atoms with E-state index in [1.54, 1.807) is 12.1 Å². The molecule has 1 aliphatic heterocycles. The van der Waals surface area contributed by atoms with Gasteiger partial charge in [0.1, 0.15) is 5.82 Å². The summed E-state index contributed by atoms with van der Waals surface area (Å²) in [5.74, 6) is 0.0681. The van der Waals surface area contributed by atoms with Crippen molar-refractivity contribution in [3.63, 3.8) is 0 Å². The lowest BCUT2D eigenvalue weighted by molar-refractivity contribution is -0.120. The van der Waals surface area contributed by atoms with Crippen LogP contribution in [0.1, 0.15) is 24.2 Å². The number of carbonyl (C=O) groups excluding carboxylic acids is 1. The van der Waals surface area contributed by atoms with E-state index in [1.165, 1.54) is 12.1 Å². The Morgan fingerprint density at radius 3 is 2.71 bits per heavy atom. The van der Waals surface area contributed by atoms with Crippen molar-refractivity contribution < 1.29 is 9.18 Å². The number of anilines is 2. The zero-order valence-electron chi connectivity index (χ0n) is 13.9. The SMILES string of the molecule is Cc1cc(C)nc(N2CCC[C@H](C(=O)Nc3cccc(F)c3)C2)n1. The predicted octanol–water partition coefficient (Wildman–Crippen LogP) is 3.09. The van der Waals surface area contributed by atoms with Crippen LogP contribution in [-0.2, 0) is 4.79 Å². The highest BCUT2D eigenvalue weighted by atomic mass is 19.1. The number of nitrogens with zero attached hydrogens (tertiary/aromatic N) is 3. The van der Waals surface area contributed by atoms with Crippen LogP contribution in [0.3, 0.4) is 0 Å². The normalized spacial score (nSPS) is 17.6. The second-order valence-corrected chi connectivity index (χ2v) is 6.24. The molecule has 0 unspecified atom stereocenters. The molecule has 1 amide bonds. The highest BCUT2D eigenvalue weighted by molar-refractivity contribution is 5.93. The third kappa shape index (κ3) is 3.88. The first-order valence-electron chi connectivity index (χ1n) is 8.15. The average Bonchev–Trinajstić information content (AvgIpc) is 2.54. The van der Waals surface area contributed by atoms with E-state index in [1.807, 2.05) is 19.9 Å². The Hall–Kier alpha value is -2.50. The van der Waals surface area contributed by atoms with E-state index < -0.39 is 0 Å². The summed E-state index contributed by atoms with van der Waals surface area (Å²) in [6.45, 7) is 5.29. The summed E-state index contributed by atoms with van der Waals surface area (Å²) >= 11 is 0. The highest BCUT2D eigenvalue weighted by Gasteiger charge is 2.27. The summed E-state index contributed by atoms with van der Waals surface area (Å²) in [7, 11) is 0. The number of hydrogen-bond acceptors (Lipinski definition) is 4. The molecule has 2 heterocycles. The van der Waals surface area contributed by atoms with Crippen LogP contribution in [0.25, 0.3) is 0 Å². The molecule has 1 fully saturated rings. The summed E-state index contributed by atoms with van der Waals surface area (Å²) in [5.41, 5.74) is 2.33. The molecule has 5 nitrogen and oxygen atoms in total. The number of nitrogens with one attached hydrogen (secondary N) is 1. The van der Waals surface area contributed by atoms with Gasteiger partial charge in [-0.25, -0.2) is 14.4 Å². The number of benzene rings is 1. The molecule has 1 aliphatic rings. The third-order valence-corrected chi connectivity index (χ3v) is 4.14. The van der Waals surface area contributed by atoms with Gasteiger partial charge in [-0.05, 0) is 51.0 Å². The van der Waals surface area contributed by atoms with Gasteiger partial charge >= 0.3 is 0 Å². The molecule has 0 saturated carbocycles. The molecule has 2 aromatic rings. The van der Waals surface area contributed by atoms with Crippen molar-refractivity contribution in [1.82, 2.24) is 9.97 Å². The first-order valence-corrected chi connectivity index (χ1v) is 8.15. The van der Waals surface area contributed by atoms with Crippen molar-refractivity contribution in [3.05, 3.63) is 47.5 Å². The predicted molar refractivity (Wildman–Crippen MR) is 91.5 cm³/mol. The fourth-order valence-electron chi connectivity index (χ4n) is 3.03. The minimum Gasteiger partial charge on any atom is -0.340 e. The molecule has 1 atom stereocenters. The molecule has 24 heavy (non-hydrogen) atoms. The molecule has 3 rings (SSSR count). The second kappa shape index (κ2) is 6.95. The largest absolute Gasteiger partial charge is 0.340 e. The van der Waals surface area contributed by atoms with Crippen LogP contribution >= 0.6 is 0 Å². The van der Waals surface area contributed by atoms with Gasteiger partial charge in [-0.2, -0.15) is 0 Å². The monoisotopic (exact) mass is 328 g/mol. The number of aryl methyl sites for hydroxylation is 2. The first kappa shape index (κ1) is 16.4. The molecule has 0 spiro atoms. The highest BCUT2D eigenvalue weighted by Crippen LogP contribution is 2.22. The molecular formula is C18H21FN4O. The molecule has 1 saturated heterocycles. The Bertz CT molecular complexity index is 729. The molecule has 0 aliphatic carbocycles. The molecule has 1 aromatic heterocycles. The maximum Gasteiger partial charge on any atom is 0.229 e. The molecule has 1 N–H and O–H groups in total. The average molecular weight is 328 g/mol. The molecule has 0 radical (unpaired) electrons. The van der Waals surface area contributed by atoms with Gasteiger partial charge in [0, 0.05) is 30.2 Å².